The zero-order chi connectivity index (χ0) is 12.1. The predicted octanol–water partition coefficient (Wildman–Crippen LogP) is 2.56. The Labute approximate surface area is 106 Å². The standard InChI is InChI=1S/C11H18ClN5/c1-2-6-13-10-15-9(12)16-11(17-10)14-7-8-4-3-5-8/h8H,2-7H2,1H3,(H2,13,14,15,16,17). The lowest BCUT2D eigenvalue weighted by molar-refractivity contribution is 0.333. The van der Waals surface area contributed by atoms with Gasteiger partial charge in [-0.2, -0.15) is 15.0 Å². The van der Waals surface area contributed by atoms with Crippen LogP contribution in [0.2, 0.25) is 5.28 Å². The fourth-order valence-corrected chi connectivity index (χ4v) is 1.84. The minimum Gasteiger partial charge on any atom is -0.354 e. The first-order valence-corrected chi connectivity index (χ1v) is 6.55. The van der Waals surface area contributed by atoms with Gasteiger partial charge in [0.15, 0.2) is 0 Å². The molecule has 1 aromatic heterocycles. The number of rotatable bonds is 6. The molecule has 0 aromatic carbocycles. The van der Waals surface area contributed by atoms with Gasteiger partial charge in [-0.1, -0.05) is 13.3 Å². The van der Waals surface area contributed by atoms with Crippen LogP contribution in [0.25, 0.3) is 0 Å². The molecule has 1 heterocycles. The molecule has 0 bridgehead atoms. The summed E-state index contributed by atoms with van der Waals surface area (Å²) in [6.07, 6.45) is 4.96. The van der Waals surface area contributed by atoms with Crippen LogP contribution in [0.3, 0.4) is 0 Å². The fourth-order valence-electron chi connectivity index (χ4n) is 1.68. The number of anilines is 2. The Bertz CT molecular complexity index is 367. The van der Waals surface area contributed by atoms with Crippen molar-refractivity contribution in [3.63, 3.8) is 0 Å². The second-order valence-corrected chi connectivity index (χ2v) is 4.69. The molecule has 1 aromatic rings. The van der Waals surface area contributed by atoms with Crippen LogP contribution in [0.4, 0.5) is 11.9 Å². The highest BCUT2D eigenvalue weighted by molar-refractivity contribution is 6.28. The molecular weight excluding hydrogens is 238 g/mol. The van der Waals surface area contributed by atoms with Gasteiger partial charge < -0.3 is 10.6 Å². The maximum atomic E-state index is 5.85. The van der Waals surface area contributed by atoms with E-state index in [4.69, 9.17) is 11.6 Å². The van der Waals surface area contributed by atoms with E-state index in [0.717, 1.165) is 25.4 Å². The smallest absolute Gasteiger partial charge is 0.228 e. The highest BCUT2D eigenvalue weighted by atomic mass is 35.5. The largest absolute Gasteiger partial charge is 0.354 e. The lowest BCUT2D eigenvalue weighted by Gasteiger charge is -2.25. The summed E-state index contributed by atoms with van der Waals surface area (Å²) in [6.45, 7) is 3.85. The van der Waals surface area contributed by atoms with Gasteiger partial charge in [-0.15, -0.1) is 0 Å². The van der Waals surface area contributed by atoms with Gasteiger partial charge in [0.25, 0.3) is 0 Å². The van der Waals surface area contributed by atoms with Crippen LogP contribution in [0.1, 0.15) is 32.6 Å². The predicted molar refractivity (Wildman–Crippen MR) is 69.4 cm³/mol. The average Bonchev–Trinajstić information content (AvgIpc) is 2.23. The van der Waals surface area contributed by atoms with Crippen molar-refractivity contribution < 1.29 is 0 Å². The maximum absolute atomic E-state index is 5.85. The summed E-state index contributed by atoms with van der Waals surface area (Å²) in [5.74, 6) is 1.87. The number of aromatic nitrogens is 3. The Morgan fingerprint density at radius 2 is 1.88 bits per heavy atom. The number of hydrogen-bond donors (Lipinski definition) is 2. The quantitative estimate of drug-likeness (QED) is 0.818. The van der Waals surface area contributed by atoms with E-state index in [9.17, 15) is 0 Å². The molecule has 0 spiro atoms. The van der Waals surface area contributed by atoms with Gasteiger partial charge in [0.05, 0.1) is 0 Å². The highest BCUT2D eigenvalue weighted by Gasteiger charge is 2.17. The second kappa shape index (κ2) is 6.00. The zero-order valence-corrected chi connectivity index (χ0v) is 10.8. The first-order valence-electron chi connectivity index (χ1n) is 6.17. The van der Waals surface area contributed by atoms with E-state index in [0.29, 0.717) is 11.9 Å². The summed E-state index contributed by atoms with van der Waals surface area (Å²) >= 11 is 5.85. The SMILES string of the molecule is CCCNc1nc(Cl)nc(NCC2CCC2)n1. The average molecular weight is 256 g/mol. The number of halogens is 1. The van der Waals surface area contributed by atoms with Crippen molar-refractivity contribution in [1.82, 2.24) is 15.0 Å². The zero-order valence-electron chi connectivity index (χ0n) is 10.0. The van der Waals surface area contributed by atoms with Crippen molar-refractivity contribution in [1.29, 1.82) is 0 Å². The molecule has 0 radical (unpaired) electrons. The van der Waals surface area contributed by atoms with E-state index in [-0.39, 0.29) is 5.28 Å². The van der Waals surface area contributed by atoms with Crippen molar-refractivity contribution in [2.45, 2.75) is 32.6 Å². The van der Waals surface area contributed by atoms with Crippen LogP contribution in [-0.4, -0.2) is 28.0 Å². The maximum Gasteiger partial charge on any atom is 0.228 e. The van der Waals surface area contributed by atoms with Gasteiger partial charge in [0, 0.05) is 13.1 Å². The van der Waals surface area contributed by atoms with Crippen molar-refractivity contribution >= 4 is 23.5 Å². The Morgan fingerprint density at radius 3 is 2.47 bits per heavy atom. The van der Waals surface area contributed by atoms with Crippen LogP contribution in [0.5, 0.6) is 0 Å². The Balaban J connectivity index is 1.92. The van der Waals surface area contributed by atoms with Crippen molar-refractivity contribution in [2.24, 2.45) is 5.92 Å². The van der Waals surface area contributed by atoms with Crippen molar-refractivity contribution in [2.75, 3.05) is 23.7 Å². The van der Waals surface area contributed by atoms with E-state index in [1.54, 1.807) is 0 Å². The third kappa shape index (κ3) is 3.70. The van der Waals surface area contributed by atoms with E-state index < -0.39 is 0 Å². The summed E-state index contributed by atoms with van der Waals surface area (Å²) in [5.41, 5.74) is 0. The Kier molecular flexibility index (Phi) is 4.36. The molecule has 2 rings (SSSR count). The minimum absolute atomic E-state index is 0.231. The second-order valence-electron chi connectivity index (χ2n) is 4.36. The highest BCUT2D eigenvalue weighted by Crippen LogP contribution is 2.26. The molecule has 0 saturated heterocycles. The topological polar surface area (TPSA) is 62.7 Å². The van der Waals surface area contributed by atoms with Crippen LogP contribution < -0.4 is 10.6 Å². The van der Waals surface area contributed by atoms with Crippen molar-refractivity contribution in [3.05, 3.63) is 5.28 Å². The summed E-state index contributed by atoms with van der Waals surface area (Å²) in [5, 5.41) is 6.55. The summed E-state index contributed by atoms with van der Waals surface area (Å²) in [4.78, 5) is 12.4. The molecule has 1 aliphatic carbocycles. The lowest BCUT2D eigenvalue weighted by atomic mass is 9.85. The molecule has 1 fully saturated rings. The van der Waals surface area contributed by atoms with E-state index in [1.807, 2.05) is 0 Å². The van der Waals surface area contributed by atoms with Gasteiger partial charge in [-0.05, 0) is 36.8 Å². The third-order valence-corrected chi connectivity index (χ3v) is 3.08. The van der Waals surface area contributed by atoms with Crippen LogP contribution >= 0.6 is 11.6 Å². The van der Waals surface area contributed by atoms with E-state index in [1.165, 1.54) is 19.3 Å². The van der Waals surface area contributed by atoms with E-state index in [2.05, 4.69) is 32.5 Å². The first kappa shape index (κ1) is 12.4. The van der Waals surface area contributed by atoms with Gasteiger partial charge in [-0.25, -0.2) is 0 Å². The first-order chi connectivity index (χ1) is 8.28. The van der Waals surface area contributed by atoms with Gasteiger partial charge in [0.2, 0.25) is 17.2 Å². The Hall–Kier alpha value is -1.10. The molecule has 0 aliphatic heterocycles. The van der Waals surface area contributed by atoms with Crippen LogP contribution in [0, 0.1) is 5.92 Å². The van der Waals surface area contributed by atoms with Crippen LogP contribution in [0.15, 0.2) is 0 Å². The minimum atomic E-state index is 0.231. The molecule has 0 unspecified atom stereocenters. The number of nitrogens with zero attached hydrogens (tertiary/aromatic N) is 3. The molecular formula is C11H18ClN5. The summed E-state index contributed by atoms with van der Waals surface area (Å²) in [7, 11) is 0. The molecule has 0 amide bonds. The molecule has 2 N–H and O–H groups in total. The molecule has 5 nitrogen and oxygen atoms in total. The van der Waals surface area contributed by atoms with Gasteiger partial charge in [-0.3, -0.25) is 0 Å². The fraction of sp³-hybridized carbons (Fsp3) is 0.727. The molecule has 6 heteroatoms. The molecule has 1 saturated carbocycles. The van der Waals surface area contributed by atoms with Crippen molar-refractivity contribution in [3.8, 4) is 0 Å². The molecule has 17 heavy (non-hydrogen) atoms. The normalized spacial score (nSPS) is 15.4. The van der Waals surface area contributed by atoms with Gasteiger partial charge >= 0.3 is 0 Å². The summed E-state index contributed by atoms with van der Waals surface area (Å²) < 4.78 is 0. The third-order valence-electron chi connectivity index (χ3n) is 2.91. The lowest BCUT2D eigenvalue weighted by Crippen LogP contribution is -2.22. The molecule has 94 valence electrons. The van der Waals surface area contributed by atoms with Crippen LogP contribution in [-0.2, 0) is 0 Å². The van der Waals surface area contributed by atoms with Gasteiger partial charge in [0.1, 0.15) is 0 Å². The van der Waals surface area contributed by atoms with E-state index >= 15 is 0 Å². The number of nitrogens with one attached hydrogen (secondary N) is 2. The Morgan fingerprint density at radius 1 is 1.18 bits per heavy atom. The molecule has 0 atom stereocenters. The number of hydrogen-bond acceptors (Lipinski definition) is 5. The summed E-state index contributed by atoms with van der Waals surface area (Å²) in [6, 6.07) is 0. The molecule has 1 aliphatic rings. The monoisotopic (exact) mass is 255 g/mol.